The van der Waals surface area contributed by atoms with Gasteiger partial charge in [0.1, 0.15) is 5.69 Å². The molecule has 10 heteroatoms. The molecule has 0 aliphatic rings. The Hall–Kier alpha value is -1.77. The normalized spacial score (nSPS) is 10.6. The fraction of sp³-hybridized carbons (Fsp3) is 0. The van der Waals surface area contributed by atoms with E-state index >= 15 is 0 Å². The lowest BCUT2D eigenvalue weighted by Gasteiger charge is -2.12. The molecule has 0 saturated carbocycles. The van der Waals surface area contributed by atoms with Crippen LogP contribution in [0.15, 0.2) is 12.1 Å². The average Bonchev–Trinajstić information content (AvgIpc) is 2.43. The van der Waals surface area contributed by atoms with Gasteiger partial charge in [-0.3, -0.25) is 0 Å². The van der Waals surface area contributed by atoms with Crippen molar-refractivity contribution in [1.29, 1.82) is 0 Å². The molecule has 2 aromatic rings. The second-order valence-electron chi connectivity index (χ2n) is 3.76. The number of nitrogen functional groups attached to an aromatic ring is 1. The molecule has 0 aliphatic carbocycles. The highest BCUT2D eigenvalue weighted by Crippen LogP contribution is 2.33. The summed E-state index contributed by atoms with van der Waals surface area (Å²) >= 11 is 11.5. The van der Waals surface area contributed by atoms with Gasteiger partial charge in [0.05, 0.1) is 10.0 Å². The van der Waals surface area contributed by atoms with Crippen LogP contribution in [0.5, 0.6) is 0 Å². The van der Waals surface area contributed by atoms with E-state index in [1.807, 2.05) is 0 Å². The molecular formula is C11H6Cl2F4N4. The maximum absolute atomic E-state index is 13.5. The predicted molar refractivity (Wildman–Crippen MR) is 71.6 cm³/mol. The Morgan fingerprint density at radius 1 is 0.905 bits per heavy atom. The van der Waals surface area contributed by atoms with Crippen molar-refractivity contribution in [3.8, 4) is 0 Å². The molecule has 21 heavy (non-hydrogen) atoms. The van der Waals surface area contributed by atoms with Crippen molar-refractivity contribution in [2.24, 2.45) is 5.84 Å². The summed E-state index contributed by atoms with van der Waals surface area (Å²) in [6.45, 7) is 0. The molecule has 0 bridgehead atoms. The van der Waals surface area contributed by atoms with Gasteiger partial charge >= 0.3 is 0 Å². The standard InChI is InChI=1S/C11H6Cl2F4N4/c12-3-1-4(13)11(21-18)20-10(3)19-9-7(16)5(14)2-6(15)8(9)17/h1-2H,18H2,(H2,19,20,21). The Bertz CT molecular complexity index is 685. The van der Waals surface area contributed by atoms with Gasteiger partial charge < -0.3 is 10.7 Å². The summed E-state index contributed by atoms with van der Waals surface area (Å²) in [7, 11) is 0. The van der Waals surface area contributed by atoms with Gasteiger partial charge in [0, 0.05) is 6.07 Å². The summed E-state index contributed by atoms with van der Waals surface area (Å²) in [5.74, 6) is -1.60. The summed E-state index contributed by atoms with van der Waals surface area (Å²) in [5.41, 5.74) is 1.05. The van der Waals surface area contributed by atoms with E-state index in [4.69, 9.17) is 29.0 Å². The van der Waals surface area contributed by atoms with E-state index in [0.717, 1.165) is 0 Å². The van der Waals surface area contributed by atoms with E-state index in [0.29, 0.717) is 0 Å². The number of pyridine rings is 1. The number of hydrogen-bond donors (Lipinski definition) is 3. The number of anilines is 3. The Morgan fingerprint density at radius 2 is 1.43 bits per heavy atom. The first-order valence-electron chi connectivity index (χ1n) is 5.27. The number of nitrogens with one attached hydrogen (secondary N) is 2. The van der Waals surface area contributed by atoms with Crippen molar-refractivity contribution in [1.82, 2.24) is 4.98 Å². The van der Waals surface area contributed by atoms with Crippen LogP contribution in [0.4, 0.5) is 34.9 Å². The summed E-state index contributed by atoms with van der Waals surface area (Å²) in [4.78, 5) is 3.74. The average molecular weight is 341 g/mol. The first-order valence-corrected chi connectivity index (χ1v) is 6.03. The van der Waals surface area contributed by atoms with E-state index in [9.17, 15) is 17.6 Å². The molecule has 4 nitrogen and oxygen atoms in total. The quantitative estimate of drug-likeness (QED) is 0.342. The SMILES string of the molecule is NNc1nc(Nc2c(F)c(F)cc(F)c2F)c(Cl)cc1Cl. The van der Waals surface area contributed by atoms with Gasteiger partial charge in [-0.15, -0.1) is 0 Å². The number of benzene rings is 1. The highest BCUT2D eigenvalue weighted by molar-refractivity contribution is 6.37. The number of hydrogen-bond acceptors (Lipinski definition) is 4. The number of aromatic nitrogens is 1. The predicted octanol–water partition coefficient (Wildman–Crippen LogP) is 3.97. The molecule has 1 heterocycles. The molecule has 1 aromatic carbocycles. The largest absolute Gasteiger partial charge is 0.334 e. The number of nitrogens with zero attached hydrogens (tertiary/aromatic N) is 1. The molecule has 0 fully saturated rings. The van der Waals surface area contributed by atoms with Crippen molar-refractivity contribution in [3.63, 3.8) is 0 Å². The minimum atomic E-state index is -1.62. The van der Waals surface area contributed by atoms with Crippen LogP contribution in [-0.2, 0) is 0 Å². The number of halogens is 6. The third-order valence-electron chi connectivity index (χ3n) is 2.42. The number of nitrogens with two attached hydrogens (primary N) is 1. The van der Waals surface area contributed by atoms with Crippen molar-refractivity contribution in [3.05, 3.63) is 45.4 Å². The van der Waals surface area contributed by atoms with Crippen LogP contribution in [0.1, 0.15) is 0 Å². The van der Waals surface area contributed by atoms with Crippen LogP contribution in [0, 0.1) is 23.3 Å². The molecule has 0 atom stereocenters. The van der Waals surface area contributed by atoms with Gasteiger partial charge in [0.15, 0.2) is 34.9 Å². The third kappa shape index (κ3) is 2.97. The molecule has 0 saturated heterocycles. The van der Waals surface area contributed by atoms with Crippen LogP contribution < -0.4 is 16.6 Å². The maximum Gasteiger partial charge on any atom is 0.185 e. The van der Waals surface area contributed by atoms with Gasteiger partial charge in [-0.1, -0.05) is 23.2 Å². The monoisotopic (exact) mass is 340 g/mol. The molecule has 112 valence electrons. The van der Waals surface area contributed by atoms with E-state index in [-0.39, 0.29) is 27.7 Å². The second kappa shape index (κ2) is 5.92. The van der Waals surface area contributed by atoms with E-state index in [2.05, 4.69) is 15.7 Å². The lowest BCUT2D eigenvalue weighted by Crippen LogP contribution is -2.11. The van der Waals surface area contributed by atoms with Crippen LogP contribution in [-0.4, -0.2) is 4.98 Å². The highest BCUT2D eigenvalue weighted by Gasteiger charge is 2.21. The Kier molecular flexibility index (Phi) is 4.40. The zero-order chi connectivity index (χ0) is 15.7. The molecule has 0 amide bonds. The highest BCUT2D eigenvalue weighted by atomic mass is 35.5. The van der Waals surface area contributed by atoms with Gasteiger partial charge in [-0.25, -0.2) is 28.4 Å². The van der Waals surface area contributed by atoms with Crippen molar-refractivity contribution in [2.45, 2.75) is 0 Å². The number of hydrazine groups is 1. The maximum atomic E-state index is 13.5. The van der Waals surface area contributed by atoms with Gasteiger partial charge in [-0.05, 0) is 6.07 Å². The molecule has 0 radical (unpaired) electrons. The second-order valence-corrected chi connectivity index (χ2v) is 4.58. The fourth-order valence-electron chi connectivity index (χ4n) is 1.46. The zero-order valence-electron chi connectivity index (χ0n) is 9.95. The minimum Gasteiger partial charge on any atom is -0.334 e. The molecular weight excluding hydrogens is 335 g/mol. The lowest BCUT2D eigenvalue weighted by atomic mass is 10.2. The van der Waals surface area contributed by atoms with Gasteiger partial charge in [0.25, 0.3) is 0 Å². The van der Waals surface area contributed by atoms with Gasteiger partial charge in [-0.2, -0.15) is 0 Å². The lowest BCUT2D eigenvalue weighted by molar-refractivity contribution is 0.459. The Labute approximate surface area is 125 Å². The fourth-order valence-corrected chi connectivity index (χ4v) is 1.92. The Balaban J connectivity index is 2.53. The van der Waals surface area contributed by atoms with E-state index < -0.39 is 29.0 Å². The Morgan fingerprint density at radius 3 is 1.95 bits per heavy atom. The topological polar surface area (TPSA) is 63.0 Å². The summed E-state index contributed by atoms with van der Waals surface area (Å²) < 4.78 is 53.3. The number of rotatable bonds is 3. The molecule has 0 aliphatic heterocycles. The molecule has 1 aromatic heterocycles. The van der Waals surface area contributed by atoms with Crippen LogP contribution in [0.2, 0.25) is 10.0 Å². The summed E-state index contributed by atoms with van der Waals surface area (Å²) in [6, 6.07) is 1.26. The molecule has 4 N–H and O–H groups in total. The zero-order valence-corrected chi connectivity index (χ0v) is 11.5. The smallest absolute Gasteiger partial charge is 0.185 e. The molecule has 0 unspecified atom stereocenters. The van der Waals surface area contributed by atoms with E-state index in [1.54, 1.807) is 0 Å². The molecule has 2 rings (SSSR count). The van der Waals surface area contributed by atoms with Crippen molar-refractivity contribution < 1.29 is 17.6 Å². The van der Waals surface area contributed by atoms with Crippen LogP contribution >= 0.6 is 23.2 Å². The third-order valence-corrected chi connectivity index (χ3v) is 3.00. The first-order chi connectivity index (χ1) is 9.85. The van der Waals surface area contributed by atoms with Crippen LogP contribution in [0.3, 0.4) is 0 Å². The van der Waals surface area contributed by atoms with Crippen molar-refractivity contribution >= 4 is 40.5 Å². The van der Waals surface area contributed by atoms with Crippen molar-refractivity contribution in [2.75, 3.05) is 10.7 Å². The van der Waals surface area contributed by atoms with Gasteiger partial charge in [0.2, 0.25) is 0 Å². The first kappa shape index (κ1) is 15.6. The minimum absolute atomic E-state index is 0.0411. The summed E-state index contributed by atoms with van der Waals surface area (Å²) in [5, 5.41) is 1.97. The summed E-state index contributed by atoms with van der Waals surface area (Å²) in [6.07, 6.45) is 0. The van der Waals surface area contributed by atoms with E-state index in [1.165, 1.54) is 6.07 Å². The molecule has 0 spiro atoms. The van der Waals surface area contributed by atoms with Crippen LogP contribution in [0.25, 0.3) is 0 Å².